The van der Waals surface area contributed by atoms with E-state index < -0.39 is 12.1 Å². The highest BCUT2D eigenvalue weighted by molar-refractivity contribution is 5.93. The second-order valence-electron chi connectivity index (χ2n) is 4.84. The van der Waals surface area contributed by atoms with Gasteiger partial charge in [0, 0.05) is 12.7 Å². The van der Waals surface area contributed by atoms with Crippen LogP contribution in [0.1, 0.15) is 35.9 Å². The van der Waals surface area contributed by atoms with Gasteiger partial charge < -0.3 is 10.4 Å². The van der Waals surface area contributed by atoms with Crippen molar-refractivity contribution < 1.29 is 14.3 Å². The van der Waals surface area contributed by atoms with Gasteiger partial charge in [-0.2, -0.15) is 5.10 Å². The van der Waals surface area contributed by atoms with E-state index >= 15 is 0 Å². The third-order valence-corrected chi connectivity index (χ3v) is 3.26. The van der Waals surface area contributed by atoms with Crippen molar-refractivity contribution in [2.24, 2.45) is 0 Å². The summed E-state index contributed by atoms with van der Waals surface area (Å²) in [4.78, 5) is 12.0. The Labute approximate surface area is 122 Å². The fraction of sp³-hybridized carbons (Fsp3) is 0.333. The molecule has 0 spiro atoms. The Morgan fingerprint density at radius 1 is 1.43 bits per heavy atom. The predicted octanol–water partition coefficient (Wildman–Crippen LogP) is 1.89. The summed E-state index contributed by atoms with van der Waals surface area (Å²) in [6.07, 6.45) is 2.22. The minimum atomic E-state index is -0.907. The second-order valence-corrected chi connectivity index (χ2v) is 4.84. The number of nitrogens with one attached hydrogen (secondary N) is 1. The van der Waals surface area contributed by atoms with Crippen LogP contribution >= 0.6 is 0 Å². The van der Waals surface area contributed by atoms with Crippen LogP contribution in [0.5, 0.6) is 0 Å². The number of carbonyl (C=O) groups excluding carboxylic acids is 1. The van der Waals surface area contributed by atoms with Gasteiger partial charge >= 0.3 is 0 Å². The molecule has 5 nitrogen and oxygen atoms in total. The Bertz CT molecular complexity index is 610. The highest BCUT2D eigenvalue weighted by Crippen LogP contribution is 2.17. The Hall–Kier alpha value is -2.21. The van der Waals surface area contributed by atoms with Crippen LogP contribution in [-0.2, 0) is 6.54 Å². The number of nitrogens with zero attached hydrogens (tertiary/aromatic N) is 2. The molecule has 1 heterocycles. The minimum absolute atomic E-state index is 0.302. The quantitative estimate of drug-likeness (QED) is 0.884. The molecule has 2 N–H and O–H groups in total. The molecule has 2 atom stereocenters. The van der Waals surface area contributed by atoms with Crippen LogP contribution in [0.4, 0.5) is 4.39 Å². The van der Waals surface area contributed by atoms with Gasteiger partial charge in [0.05, 0.1) is 23.9 Å². The molecule has 0 aliphatic rings. The lowest BCUT2D eigenvalue weighted by atomic mass is 10.0. The average Bonchev–Trinajstić information content (AvgIpc) is 2.96. The van der Waals surface area contributed by atoms with Crippen LogP contribution in [0.15, 0.2) is 36.7 Å². The van der Waals surface area contributed by atoms with E-state index in [-0.39, 0.29) is 11.7 Å². The standard InChI is InChI=1S/C15H18FN3O2/c1-3-19-9-12(8-17-19)15(21)18-10(2)14(20)11-4-6-13(16)7-5-11/h4-10,14,20H,3H2,1-2H3,(H,18,21). The molecule has 0 aliphatic carbocycles. The molecule has 1 amide bonds. The largest absolute Gasteiger partial charge is 0.386 e. The van der Waals surface area contributed by atoms with Gasteiger partial charge in [-0.1, -0.05) is 12.1 Å². The highest BCUT2D eigenvalue weighted by Gasteiger charge is 2.19. The molecule has 112 valence electrons. The SMILES string of the molecule is CCn1cc(C(=O)NC(C)C(O)c2ccc(F)cc2)cn1. The lowest BCUT2D eigenvalue weighted by molar-refractivity contribution is 0.0852. The first-order valence-electron chi connectivity index (χ1n) is 6.78. The summed E-state index contributed by atoms with van der Waals surface area (Å²) >= 11 is 0. The number of halogens is 1. The van der Waals surface area contributed by atoms with E-state index in [2.05, 4.69) is 10.4 Å². The molecule has 0 bridgehead atoms. The van der Waals surface area contributed by atoms with Crippen molar-refractivity contribution in [2.45, 2.75) is 32.5 Å². The van der Waals surface area contributed by atoms with E-state index in [1.165, 1.54) is 30.5 Å². The lowest BCUT2D eigenvalue weighted by Crippen LogP contribution is -2.36. The molecule has 0 saturated carbocycles. The molecule has 21 heavy (non-hydrogen) atoms. The van der Waals surface area contributed by atoms with E-state index in [0.717, 1.165) is 0 Å². The molecule has 2 unspecified atom stereocenters. The molecular weight excluding hydrogens is 273 g/mol. The number of hydrogen-bond donors (Lipinski definition) is 2. The van der Waals surface area contributed by atoms with Crippen LogP contribution in [0.25, 0.3) is 0 Å². The summed E-state index contributed by atoms with van der Waals surface area (Å²) in [5, 5.41) is 16.9. The monoisotopic (exact) mass is 291 g/mol. The van der Waals surface area contributed by atoms with Crippen molar-refractivity contribution in [2.75, 3.05) is 0 Å². The number of rotatable bonds is 5. The van der Waals surface area contributed by atoms with Gasteiger partial charge in [0.15, 0.2) is 0 Å². The summed E-state index contributed by atoms with van der Waals surface area (Å²) in [5.41, 5.74) is 0.989. The molecule has 1 aromatic heterocycles. The number of aromatic nitrogens is 2. The second kappa shape index (κ2) is 6.49. The molecule has 0 saturated heterocycles. The Morgan fingerprint density at radius 2 is 2.10 bits per heavy atom. The van der Waals surface area contributed by atoms with Gasteiger partial charge in [-0.15, -0.1) is 0 Å². The Balaban J connectivity index is 2.01. The zero-order chi connectivity index (χ0) is 15.4. The third kappa shape index (κ3) is 3.66. The maximum absolute atomic E-state index is 12.9. The van der Waals surface area contributed by atoms with Crippen LogP contribution < -0.4 is 5.32 Å². The van der Waals surface area contributed by atoms with E-state index in [9.17, 15) is 14.3 Å². The predicted molar refractivity (Wildman–Crippen MR) is 76.2 cm³/mol. The van der Waals surface area contributed by atoms with Gasteiger partial charge in [-0.05, 0) is 31.5 Å². The summed E-state index contributed by atoms with van der Waals surface area (Å²) in [7, 11) is 0. The topological polar surface area (TPSA) is 67.2 Å². The maximum Gasteiger partial charge on any atom is 0.254 e. The fourth-order valence-electron chi connectivity index (χ4n) is 1.97. The number of hydrogen-bond acceptors (Lipinski definition) is 3. The van der Waals surface area contributed by atoms with Crippen molar-refractivity contribution in [3.05, 3.63) is 53.6 Å². The normalized spacial score (nSPS) is 13.7. The van der Waals surface area contributed by atoms with Crippen molar-refractivity contribution in [3.8, 4) is 0 Å². The van der Waals surface area contributed by atoms with Gasteiger partial charge in [0.2, 0.25) is 0 Å². The van der Waals surface area contributed by atoms with E-state index in [0.29, 0.717) is 17.7 Å². The molecule has 1 aromatic carbocycles. The fourth-order valence-corrected chi connectivity index (χ4v) is 1.97. The molecule has 2 aromatic rings. The molecule has 6 heteroatoms. The average molecular weight is 291 g/mol. The summed E-state index contributed by atoms with van der Waals surface area (Å²) < 4.78 is 14.5. The highest BCUT2D eigenvalue weighted by atomic mass is 19.1. The number of aliphatic hydroxyl groups excluding tert-OH is 1. The number of amides is 1. The van der Waals surface area contributed by atoms with Gasteiger partial charge in [0.25, 0.3) is 5.91 Å². The van der Waals surface area contributed by atoms with E-state index in [1.54, 1.807) is 17.8 Å². The van der Waals surface area contributed by atoms with Crippen LogP contribution in [0.2, 0.25) is 0 Å². The smallest absolute Gasteiger partial charge is 0.254 e. The Kier molecular flexibility index (Phi) is 4.70. The Morgan fingerprint density at radius 3 is 2.67 bits per heavy atom. The van der Waals surface area contributed by atoms with Crippen molar-refractivity contribution in [3.63, 3.8) is 0 Å². The first-order chi connectivity index (χ1) is 10.0. The third-order valence-electron chi connectivity index (χ3n) is 3.26. The van der Waals surface area contributed by atoms with E-state index in [4.69, 9.17) is 0 Å². The molecule has 2 rings (SSSR count). The van der Waals surface area contributed by atoms with Gasteiger partial charge in [-0.3, -0.25) is 9.48 Å². The minimum Gasteiger partial charge on any atom is -0.386 e. The van der Waals surface area contributed by atoms with Gasteiger partial charge in [-0.25, -0.2) is 4.39 Å². The lowest BCUT2D eigenvalue weighted by Gasteiger charge is -2.20. The zero-order valence-corrected chi connectivity index (χ0v) is 12.0. The van der Waals surface area contributed by atoms with Crippen molar-refractivity contribution in [1.82, 2.24) is 15.1 Å². The first kappa shape index (κ1) is 15.2. The number of aliphatic hydroxyl groups is 1. The molecule has 0 aliphatic heterocycles. The summed E-state index contributed by atoms with van der Waals surface area (Å²) in [6, 6.07) is 5.04. The number of aryl methyl sites for hydroxylation is 1. The first-order valence-corrected chi connectivity index (χ1v) is 6.78. The van der Waals surface area contributed by atoms with Crippen molar-refractivity contribution >= 4 is 5.91 Å². The van der Waals surface area contributed by atoms with Gasteiger partial charge in [0.1, 0.15) is 5.82 Å². The number of carbonyl (C=O) groups is 1. The maximum atomic E-state index is 12.9. The van der Waals surface area contributed by atoms with E-state index in [1.807, 2.05) is 6.92 Å². The van der Waals surface area contributed by atoms with Crippen LogP contribution in [-0.4, -0.2) is 26.8 Å². The van der Waals surface area contributed by atoms with Crippen molar-refractivity contribution in [1.29, 1.82) is 0 Å². The number of benzene rings is 1. The zero-order valence-electron chi connectivity index (χ0n) is 12.0. The molecule has 0 radical (unpaired) electrons. The molecule has 0 fully saturated rings. The van der Waals surface area contributed by atoms with Crippen LogP contribution in [0.3, 0.4) is 0 Å². The summed E-state index contributed by atoms with van der Waals surface area (Å²) in [6.45, 7) is 4.30. The summed E-state index contributed by atoms with van der Waals surface area (Å²) in [5.74, 6) is -0.669. The van der Waals surface area contributed by atoms with Crippen LogP contribution in [0, 0.1) is 5.82 Å². The molecular formula is C15H18FN3O2.